The van der Waals surface area contributed by atoms with Gasteiger partial charge in [0.2, 0.25) is 5.91 Å². The number of nitrogens with one attached hydrogen (secondary N) is 1. The highest BCUT2D eigenvalue weighted by Gasteiger charge is 2.19. The number of benzene rings is 3. The lowest BCUT2D eigenvalue weighted by Crippen LogP contribution is -2.23. The van der Waals surface area contributed by atoms with Crippen molar-refractivity contribution in [1.29, 1.82) is 5.26 Å². The van der Waals surface area contributed by atoms with Crippen molar-refractivity contribution in [3.63, 3.8) is 0 Å². The largest absolute Gasteiger partial charge is 0.497 e. The lowest BCUT2D eigenvalue weighted by molar-refractivity contribution is -0.115. The zero-order chi connectivity index (χ0) is 29.6. The number of thioether (sulfide) groups is 1. The van der Waals surface area contributed by atoms with Crippen molar-refractivity contribution in [2.45, 2.75) is 18.4 Å². The van der Waals surface area contributed by atoms with Crippen LogP contribution in [-0.2, 0) is 11.8 Å². The third kappa shape index (κ3) is 5.85. The Hall–Kier alpha value is -5.07. The molecule has 5 aromatic rings. The SMILES string of the molecule is COc1ccc(-c2cc(-c3ccccc3)nc(SCCC(=O)Nc3c(C)n(C)n(-c4ccccc4)c3=O)c2C#N)cc1. The van der Waals surface area contributed by atoms with E-state index >= 15 is 0 Å². The number of nitriles is 1. The van der Waals surface area contributed by atoms with Gasteiger partial charge in [0.1, 0.15) is 22.5 Å². The molecular formula is C33H29N5O3S. The number of pyridine rings is 1. The summed E-state index contributed by atoms with van der Waals surface area (Å²) in [6, 6.07) is 30.8. The fourth-order valence-electron chi connectivity index (χ4n) is 4.64. The molecule has 0 unspecified atom stereocenters. The van der Waals surface area contributed by atoms with E-state index in [4.69, 9.17) is 9.72 Å². The van der Waals surface area contributed by atoms with E-state index in [2.05, 4.69) is 11.4 Å². The molecule has 42 heavy (non-hydrogen) atoms. The van der Waals surface area contributed by atoms with Crippen LogP contribution in [0.3, 0.4) is 0 Å². The van der Waals surface area contributed by atoms with Gasteiger partial charge >= 0.3 is 0 Å². The topological polar surface area (TPSA) is 102 Å². The Balaban J connectivity index is 1.39. The van der Waals surface area contributed by atoms with Crippen LogP contribution in [0.4, 0.5) is 5.69 Å². The first-order valence-electron chi connectivity index (χ1n) is 13.3. The summed E-state index contributed by atoms with van der Waals surface area (Å²) in [6.07, 6.45) is 0.129. The predicted octanol–water partition coefficient (Wildman–Crippen LogP) is 6.21. The van der Waals surface area contributed by atoms with Crippen molar-refractivity contribution in [3.05, 3.63) is 113 Å². The average Bonchev–Trinajstić information content (AvgIpc) is 3.24. The number of aromatic nitrogens is 3. The number of hydrogen-bond acceptors (Lipinski definition) is 6. The molecule has 0 aliphatic heterocycles. The van der Waals surface area contributed by atoms with Crippen molar-refractivity contribution in [3.8, 4) is 39.9 Å². The highest BCUT2D eigenvalue weighted by molar-refractivity contribution is 7.99. The van der Waals surface area contributed by atoms with Crippen LogP contribution >= 0.6 is 11.8 Å². The maximum absolute atomic E-state index is 13.2. The summed E-state index contributed by atoms with van der Waals surface area (Å²) < 4.78 is 8.55. The van der Waals surface area contributed by atoms with Gasteiger partial charge < -0.3 is 10.1 Å². The lowest BCUT2D eigenvalue weighted by Gasteiger charge is -2.13. The van der Waals surface area contributed by atoms with Crippen LogP contribution in [0.2, 0.25) is 0 Å². The Labute approximate surface area is 248 Å². The molecule has 9 heteroatoms. The number of ether oxygens (including phenoxy) is 1. The molecule has 0 spiro atoms. The Morgan fingerprint density at radius 1 is 1.00 bits per heavy atom. The Morgan fingerprint density at radius 2 is 1.67 bits per heavy atom. The van der Waals surface area contributed by atoms with Crippen LogP contribution in [-0.4, -0.2) is 33.1 Å². The number of carbonyl (C=O) groups excluding carboxylic acids is 1. The molecule has 1 N–H and O–H groups in total. The zero-order valence-electron chi connectivity index (χ0n) is 23.5. The number of rotatable bonds is 9. The van der Waals surface area contributed by atoms with E-state index in [-0.39, 0.29) is 23.6 Å². The van der Waals surface area contributed by atoms with Crippen molar-refractivity contribution in [2.24, 2.45) is 7.05 Å². The van der Waals surface area contributed by atoms with Crippen LogP contribution in [0.1, 0.15) is 17.7 Å². The molecular weight excluding hydrogens is 546 g/mol. The van der Waals surface area contributed by atoms with E-state index < -0.39 is 0 Å². The molecule has 0 bridgehead atoms. The van der Waals surface area contributed by atoms with E-state index in [1.807, 2.05) is 91.0 Å². The second-order valence-electron chi connectivity index (χ2n) is 9.52. The summed E-state index contributed by atoms with van der Waals surface area (Å²) in [7, 11) is 3.39. The number of amides is 1. The van der Waals surface area contributed by atoms with Crippen molar-refractivity contribution < 1.29 is 9.53 Å². The molecule has 2 aromatic heterocycles. The molecule has 210 valence electrons. The van der Waals surface area contributed by atoms with Crippen molar-refractivity contribution >= 4 is 23.4 Å². The average molecular weight is 576 g/mol. The van der Waals surface area contributed by atoms with Crippen LogP contribution in [0.15, 0.2) is 101 Å². The quantitative estimate of drug-likeness (QED) is 0.210. The van der Waals surface area contributed by atoms with E-state index in [0.717, 1.165) is 28.1 Å². The Morgan fingerprint density at radius 3 is 2.31 bits per heavy atom. The van der Waals surface area contributed by atoms with Gasteiger partial charge in [0, 0.05) is 30.3 Å². The molecule has 0 atom stereocenters. The molecule has 0 aliphatic carbocycles. The normalized spacial score (nSPS) is 10.7. The van der Waals surface area contributed by atoms with Crippen LogP contribution in [0, 0.1) is 18.3 Å². The van der Waals surface area contributed by atoms with Crippen LogP contribution < -0.4 is 15.6 Å². The maximum atomic E-state index is 13.2. The fraction of sp³-hybridized carbons (Fsp3) is 0.152. The zero-order valence-corrected chi connectivity index (χ0v) is 24.3. The molecule has 0 aliphatic rings. The summed E-state index contributed by atoms with van der Waals surface area (Å²) in [4.78, 5) is 31.0. The van der Waals surface area contributed by atoms with Gasteiger partial charge in [0.15, 0.2) is 0 Å². The maximum Gasteiger partial charge on any atom is 0.295 e. The van der Waals surface area contributed by atoms with Gasteiger partial charge in [-0.2, -0.15) is 5.26 Å². The summed E-state index contributed by atoms with van der Waals surface area (Å²) in [6.45, 7) is 1.80. The number of para-hydroxylation sites is 1. The van der Waals surface area contributed by atoms with Crippen molar-refractivity contribution in [2.75, 3.05) is 18.2 Å². The third-order valence-corrected chi connectivity index (χ3v) is 7.93. The van der Waals surface area contributed by atoms with Crippen LogP contribution in [0.25, 0.3) is 28.1 Å². The smallest absolute Gasteiger partial charge is 0.295 e. The summed E-state index contributed by atoms with van der Waals surface area (Å²) >= 11 is 1.34. The van der Waals surface area contributed by atoms with Gasteiger partial charge in [0.05, 0.1) is 29.7 Å². The highest BCUT2D eigenvalue weighted by atomic mass is 32.2. The van der Waals surface area contributed by atoms with Gasteiger partial charge in [-0.25, -0.2) is 9.67 Å². The number of carbonyl (C=O) groups is 1. The minimum atomic E-state index is -0.296. The lowest BCUT2D eigenvalue weighted by atomic mass is 9.99. The second kappa shape index (κ2) is 12.6. The van der Waals surface area contributed by atoms with Gasteiger partial charge in [-0.05, 0) is 42.8 Å². The fourth-order valence-corrected chi connectivity index (χ4v) is 5.59. The summed E-state index contributed by atoms with van der Waals surface area (Å²) in [5.41, 5.74) is 5.02. The summed E-state index contributed by atoms with van der Waals surface area (Å²) in [5.74, 6) is 0.799. The van der Waals surface area contributed by atoms with Crippen LogP contribution in [0.5, 0.6) is 5.75 Å². The first-order chi connectivity index (χ1) is 20.4. The minimum Gasteiger partial charge on any atom is -0.497 e. The Kier molecular flexibility index (Phi) is 8.55. The van der Waals surface area contributed by atoms with E-state index in [1.165, 1.54) is 16.4 Å². The molecule has 3 aromatic carbocycles. The molecule has 0 radical (unpaired) electrons. The molecule has 2 heterocycles. The number of anilines is 1. The van der Waals surface area contributed by atoms with Crippen molar-refractivity contribution in [1.82, 2.24) is 14.3 Å². The number of methoxy groups -OCH3 is 1. The summed E-state index contributed by atoms with van der Waals surface area (Å²) in [5, 5.41) is 13.5. The van der Waals surface area contributed by atoms with E-state index in [0.29, 0.717) is 27.7 Å². The predicted molar refractivity (Wildman–Crippen MR) is 166 cm³/mol. The van der Waals surface area contributed by atoms with E-state index in [1.54, 1.807) is 25.8 Å². The number of nitrogens with zero attached hydrogens (tertiary/aromatic N) is 4. The minimum absolute atomic E-state index is 0.129. The van der Waals surface area contributed by atoms with Gasteiger partial charge in [-0.15, -0.1) is 11.8 Å². The van der Waals surface area contributed by atoms with E-state index in [9.17, 15) is 14.9 Å². The standard InChI is InChI=1S/C33H29N5O3S/c1-22-31(33(40)38(37(22)2)25-12-8-5-9-13-25)36-30(39)18-19-42-32-28(21-34)27(23-14-16-26(41-3)17-15-23)20-29(35-32)24-10-6-4-7-11-24/h4-17,20H,18-19H2,1-3H3,(H,36,39). The second-order valence-corrected chi connectivity index (χ2v) is 10.6. The Bertz CT molecular complexity index is 1820. The van der Waals surface area contributed by atoms with Gasteiger partial charge in [-0.3, -0.25) is 14.3 Å². The van der Waals surface area contributed by atoms with Gasteiger partial charge in [-0.1, -0.05) is 60.7 Å². The number of hydrogen-bond donors (Lipinski definition) is 1. The molecule has 8 nitrogen and oxygen atoms in total. The first-order valence-corrected chi connectivity index (χ1v) is 14.3. The molecule has 0 saturated carbocycles. The molecule has 1 amide bonds. The van der Waals surface area contributed by atoms with Gasteiger partial charge in [0.25, 0.3) is 5.56 Å². The highest BCUT2D eigenvalue weighted by Crippen LogP contribution is 2.35. The molecule has 0 fully saturated rings. The first kappa shape index (κ1) is 28.5. The molecule has 0 saturated heterocycles. The molecule has 5 rings (SSSR count). The third-order valence-electron chi connectivity index (χ3n) is 6.96. The monoisotopic (exact) mass is 575 g/mol.